The highest BCUT2D eigenvalue weighted by atomic mass is 19.3. The highest BCUT2D eigenvalue weighted by molar-refractivity contribution is 5.91. The highest BCUT2D eigenvalue weighted by Crippen LogP contribution is 2.21. The molecule has 0 saturated carbocycles. The van der Waals surface area contributed by atoms with E-state index in [1.807, 2.05) is 6.07 Å². The summed E-state index contributed by atoms with van der Waals surface area (Å²) in [7, 11) is 0. The Morgan fingerprint density at radius 1 is 1.12 bits per heavy atom. The first-order chi connectivity index (χ1) is 16.2. The maximum atomic E-state index is 13.0. The topological polar surface area (TPSA) is 124 Å². The summed E-state index contributed by atoms with van der Waals surface area (Å²) in [4.78, 5) is 23.3. The second kappa shape index (κ2) is 11.3. The number of carbonyl (C=O) groups is 2. The molecule has 10 nitrogen and oxygen atoms in total. The van der Waals surface area contributed by atoms with E-state index in [0.717, 1.165) is 18.5 Å². The molecule has 2 N–H and O–H groups in total. The lowest BCUT2D eigenvalue weighted by atomic mass is 10.2. The van der Waals surface area contributed by atoms with Gasteiger partial charge in [0.1, 0.15) is 5.75 Å². The summed E-state index contributed by atoms with van der Waals surface area (Å²) >= 11 is 0. The van der Waals surface area contributed by atoms with Crippen LogP contribution in [0.1, 0.15) is 48.4 Å². The summed E-state index contributed by atoms with van der Waals surface area (Å²) < 4.78 is 32.1. The van der Waals surface area contributed by atoms with Crippen LogP contribution in [-0.2, 0) is 24.3 Å². The Morgan fingerprint density at radius 3 is 2.65 bits per heavy atom. The van der Waals surface area contributed by atoms with Crippen LogP contribution < -0.4 is 15.4 Å². The van der Waals surface area contributed by atoms with Crippen molar-refractivity contribution in [3.05, 3.63) is 59.5 Å². The van der Waals surface area contributed by atoms with E-state index in [4.69, 9.17) is 0 Å². The van der Waals surface area contributed by atoms with Crippen LogP contribution in [-0.4, -0.2) is 43.1 Å². The first-order valence-electron chi connectivity index (χ1n) is 10.6. The van der Waals surface area contributed by atoms with Crippen LogP contribution >= 0.6 is 0 Å². The zero-order valence-electron chi connectivity index (χ0n) is 18.8. The van der Waals surface area contributed by atoms with Crippen molar-refractivity contribution >= 4 is 17.6 Å². The van der Waals surface area contributed by atoms with Gasteiger partial charge in [0.05, 0.1) is 11.9 Å². The van der Waals surface area contributed by atoms with Gasteiger partial charge in [-0.25, -0.2) is 0 Å². The van der Waals surface area contributed by atoms with Gasteiger partial charge in [-0.05, 0) is 49.1 Å². The summed E-state index contributed by atoms with van der Waals surface area (Å²) in [5, 5.41) is 21.1. The van der Waals surface area contributed by atoms with Crippen LogP contribution in [0.15, 0.2) is 42.6 Å². The van der Waals surface area contributed by atoms with Crippen molar-refractivity contribution in [2.45, 2.75) is 52.3 Å². The van der Waals surface area contributed by atoms with Crippen LogP contribution in [0.2, 0.25) is 0 Å². The third-order valence-corrected chi connectivity index (χ3v) is 4.51. The Kier molecular flexibility index (Phi) is 8.17. The monoisotopic (exact) mass is 473 g/mol. The molecule has 2 aromatic heterocycles. The zero-order chi connectivity index (χ0) is 24.6. The molecule has 1 aromatic carbocycles. The molecule has 0 unspecified atom stereocenters. The number of hydrogen-bond donors (Lipinski definition) is 2. The molecular formula is C22H25F2N7O3. The third kappa shape index (κ3) is 8.19. The third-order valence-electron chi connectivity index (χ3n) is 4.51. The van der Waals surface area contributed by atoms with E-state index in [1.54, 1.807) is 29.1 Å². The number of carbonyl (C=O) groups excluding carboxylic acids is 2. The fourth-order valence-corrected chi connectivity index (χ4v) is 3.03. The lowest BCUT2D eigenvalue weighted by Crippen LogP contribution is -2.23. The van der Waals surface area contributed by atoms with Crippen LogP contribution in [0.4, 0.5) is 14.6 Å². The van der Waals surface area contributed by atoms with Crippen LogP contribution in [0, 0.1) is 0 Å². The van der Waals surface area contributed by atoms with Gasteiger partial charge in [-0.15, -0.1) is 10.2 Å². The van der Waals surface area contributed by atoms with Crippen molar-refractivity contribution in [3.63, 3.8) is 0 Å². The number of rotatable bonds is 11. The fraction of sp³-hybridized carbons (Fsp3) is 0.364. The zero-order valence-corrected chi connectivity index (χ0v) is 18.8. The molecule has 0 aliphatic carbocycles. The minimum atomic E-state index is -3.29. The molecule has 0 atom stereocenters. The van der Waals surface area contributed by atoms with E-state index in [0.29, 0.717) is 31.3 Å². The van der Waals surface area contributed by atoms with Gasteiger partial charge >= 0.3 is 6.11 Å². The fourth-order valence-electron chi connectivity index (χ4n) is 3.03. The van der Waals surface area contributed by atoms with Gasteiger partial charge in [-0.1, -0.05) is 17.3 Å². The quantitative estimate of drug-likeness (QED) is 0.410. The average molecular weight is 473 g/mol. The Labute approximate surface area is 194 Å². The maximum absolute atomic E-state index is 13.0. The predicted molar refractivity (Wildman–Crippen MR) is 118 cm³/mol. The molecule has 2 heterocycles. The Hall–Kier alpha value is -3.96. The van der Waals surface area contributed by atoms with Crippen molar-refractivity contribution in [2.24, 2.45) is 0 Å². The maximum Gasteiger partial charge on any atom is 0.394 e. The highest BCUT2D eigenvalue weighted by Gasteiger charge is 2.23. The normalized spacial score (nSPS) is 11.2. The van der Waals surface area contributed by atoms with Crippen molar-refractivity contribution in [2.75, 3.05) is 5.32 Å². The van der Waals surface area contributed by atoms with Gasteiger partial charge in [-0.3, -0.25) is 14.3 Å². The standard InChI is InChI=1S/C22H25F2N7O3/c1-15(32)26-20-10-9-17(27-29-20)7-3-4-11-31-14-19(28-30-31)21(33)25-13-16-6-5-8-18(12-16)34-22(2,23)24/h5-6,8-10,12,14H,3-4,7,11,13H2,1-2H3,(H,25,33)(H,26,29,32). The van der Waals surface area contributed by atoms with Gasteiger partial charge in [-0.2, -0.15) is 13.9 Å². The number of anilines is 1. The number of amides is 2. The number of nitrogens with zero attached hydrogens (tertiary/aromatic N) is 5. The summed E-state index contributed by atoms with van der Waals surface area (Å²) in [6.45, 7) is 2.76. The molecule has 0 fully saturated rings. The molecule has 34 heavy (non-hydrogen) atoms. The van der Waals surface area contributed by atoms with E-state index in [9.17, 15) is 18.4 Å². The van der Waals surface area contributed by atoms with Gasteiger partial charge in [0.2, 0.25) is 5.91 Å². The first kappa shape index (κ1) is 24.7. The number of hydrogen-bond acceptors (Lipinski definition) is 7. The molecule has 0 aliphatic heterocycles. The largest absolute Gasteiger partial charge is 0.433 e. The molecule has 0 saturated heterocycles. The summed E-state index contributed by atoms with van der Waals surface area (Å²) in [6, 6.07) is 9.63. The minimum absolute atomic E-state index is 0.0137. The molecule has 0 radical (unpaired) electrons. The van der Waals surface area contributed by atoms with Crippen molar-refractivity contribution < 1.29 is 23.1 Å². The SMILES string of the molecule is CC(=O)Nc1ccc(CCCCn2cc(C(=O)NCc3cccc(OC(C)(F)F)c3)nn2)nn1. The molecule has 0 bridgehead atoms. The van der Waals surface area contributed by atoms with Crippen LogP contribution in [0.3, 0.4) is 0 Å². The molecule has 180 valence electrons. The van der Waals surface area contributed by atoms with Crippen molar-refractivity contribution in [1.29, 1.82) is 0 Å². The number of aryl methyl sites for hydroxylation is 2. The Balaban J connectivity index is 1.41. The first-order valence-corrected chi connectivity index (χ1v) is 10.6. The number of unbranched alkanes of at least 4 members (excludes halogenated alkanes) is 1. The van der Waals surface area contributed by atoms with Crippen molar-refractivity contribution in [3.8, 4) is 5.75 Å². The summed E-state index contributed by atoms with van der Waals surface area (Å²) in [6.07, 6.45) is 0.585. The van der Waals surface area contributed by atoms with Crippen molar-refractivity contribution in [1.82, 2.24) is 30.5 Å². The van der Waals surface area contributed by atoms with E-state index in [-0.39, 0.29) is 23.9 Å². The van der Waals surface area contributed by atoms with Gasteiger partial charge in [0, 0.05) is 26.9 Å². The van der Waals surface area contributed by atoms with Crippen LogP contribution in [0.25, 0.3) is 0 Å². The van der Waals surface area contributed by atoms with Gasteiger partial charge in [0.15, 0.2) is 11.5 Å². The van der Waals surface area contributed by atoms with E-state index in [2.05, 4.69) is 35.9 Å². The average Bonchev–Trinajstić information content (AvgIpc) is 3.24. The van der Waals surface area contributed by atoms with Gasteiger partial charge < -0.3 is 15.4 Å². The molecule has 12 heteroatoms. The number of ether oxygens (including phenoxy) is 1. The molecule has 2 amide bonds. The summed E-state index contributed by atoms with van der Waals surface area (Å²) in [5.41, 5.74) is 1.58. The van der Waals surface area contributed by atoms with E-state index >= 15 is 0 Å². The number of halogens is 2. The summed E-state index contributed by atoms with van der Waals surface area (Å²) in [5.74, 6) is -0.202. The second-order valence-corrected chi connectivity index (χ2v) is 7.66. The second-order valence-electron chi connectivity index (χ2n) is 7.66. The van der Waals surface area contributed by atoms with E-state index in [1.165, 1.54) is 19.1 Å². The molecule has 3 aromatic rings. The number of aromatic nitrogens is 5. The molecule has 0 spiro atoms. The predicted octanol–water partition coefficient (Wildman–Crippen LogP) is 2.97. The Bertz CT molecular complexity index is 1110. The molecular weight excluding hydrogens is 448 g/mol. The molecule has 0 aliphatic rings. The van der Waals surface area contributed by atoms with E-state index < -0.39 is 12.0 Å². The number of nitrogens with one attached hydrogen (secondary N) is 2. The lowest BCUT2D eigenvalue weighted by Gasteiger charge is -2.13. The Morgan fingerprint density at radius 2 is 1.94 bits per heavy atom. The smallest absolute Gasteiger partial charge is 0.394 e. The van der Waals surface area contributed by atoms with Crippen LogP contribution in [0.5, 0.6) is 5.75 Å². The molecule has 3 rings (SSSR count). The number of benzene rings is 1. The number of alkyl halides is 2. The van der Waals surface area contributed by atoms with Gasteiger partial charge in [0.25, 0.3) is 5.91 Å². The lowest BCUT2D eigenvalue weighted by molar-refractivity contribution is -0.159. The minimum Gasteiger partial charge on any atom is -0.433 e.